The van der Waals surface area contributed by atoms with E-state index in [2.05, 4.69) is 10.3 Å². The van der Waals surface area contributed by atoms with E-state index in [1.165, 1.54) is 6.92 Å². The number of hydrogen-bond acceptors (Lipinski definition) is 6. The van der Waals surface area contributed by atoms with Crippen LogP contribution in [-0.2, 0) is 16.1 Å². The van der Waals surface area contributed by atoms with Gasteiger partial charge in [0.05, 0.1) is 19.3 Å². The first-order valence-electron chi connectivity index (χ1n) is 10.1. The van der Waals surface area contributed by atoms with E-state index >= 15 is 0 Å². The van der Waals surface area contributed by atoms with E-state index in [1.54, 1.807) is 54.6 Å². The molecule has 1 unspecified atom stereocenters. The normalized spacial score (nSPS) is 14.7. The van der Waals surface area contributed by atoms with Gasteiger partial charge in [-0.1, -0.05) is 24.3 Å². The highest BCUT2D eigenvalue weighted by atomic mass is 16.5. The molecule has 0 bridgehead atoms. The summed E-state index contributed by atoms with van der Waals surface area (Å²) in [7, 11) is 1.58. The highest BCUT2D eigenvalue weighted by Crippen LogP contribution is 2.33. The summed E-state index contributed by atoms with van der Waals surface area (Å²) in [6.45, 7) is 1.79. The van der Waals surface area contributed by atoms with Crippen molar-refractivity contribution in [3.05, 3.63) is 72.4 Å². The average molecular weight is 433 g/mol. The van der Waals surface area contributed by atoms with Crippen LogP contribution in [-0.4, -0.2) is 36.6 Å². The van der Waals surface area contributed by atoms with Gasteiger partial charge in [-0.05, 0) is 30.3 Å². The molecule has 0 fully saturated rings. The molecule has 0 saturated carbocycles. The SMILES string of the molecule is COc1cccc(Oc2ncccc2CNC(=O)C2CN(C(C)=O)c3ccccc3O2)c1. The van der Waals surface area contributed by atoms with Crippen LogP contribution in [0.2, 0.25) is 0 Å². The standard InChI is InChI=1S/C24H23N3O5/c1-16(28)27-15-22(32-21-11-4-3-10-20(21)27)23(29)26-14-17-7-6-12-25-24(17)31-19-9-5-8-18(13-19)30-2/h3-13,22H,14-15H2,1-2H3,(H,26,29). The van der Waals surface area contributed by atoms with E-state index in [4.69, 9.17) is 14.2 Å². The molecule has 2 amide bonds. The molecule has 1 aromatic heterocycles. The molecule has 8 heteroatoms. The molecule has 1 aliphatic heterocycles. The second-order valence-electron chi connectivity index (χ2n) is 7.17. The summed E-state index contributed by atoms with van der Waals surface area (Å²) < 4.78 is 17.0. The van der Waals surface area contributed by atoms with E-state index in [9.17, 15) is 9.59 Å². The number of nitrogens with zero attached hydrogens (tertiary/aromatic N) is 2. The topological polar surface area (TPSA) is 90.0 Å². The minimum absolute atomic E-state index is 0.137. The van der Waals surface area contributed by atoms with E-state index in [0.717, 1.165) is 0 Å². The van der Waals surface area contributed by atoms with Gasteiger partial charge >= 0.3 is 0 Å². The molecule has 0 spiro atoms. The molecule has 4 rings (SSSR count). The fourth-order valence-electron chi connectivity index (χ4n) is 3.39. The zero-order valence-corrected chi connectivity index (χ0v) is 17.8. The minimum Gasteiger partial charge on any atom is -0.497 e. The largest absolute Gasteiger partial charge is 0.497 e. The number of anilines is 1. The van der Waals surface area contributed by atoms with Crippen LogP contribution in [0.25, 0.3) is 0 Å². The number of nitrogens with one attached hydrogen (secondary N) is 1. The van der Waals surface area contributed by atoms with Crippen LogP contribution >= 0.6 is 0 Å². The Hall–Kier alpha value is -4.07. The van der Waals surface area contributed by atoms with Crippen molar-refractivity contribution < 1.29 is 23.8 Å². The zero-order valence-electron chi connectivity index (χ0n) is 17.8. The lowest BCUT2D eigenvalue weighted by molar-refractivity contribution is -0.128. The van der Waals surface area contributed by atoms with Gasteiger partial charge < -0.3 is 24.4 Å². The predicted molar refractivity (Wildman–Crippen MR) is 118 cm³/mol. The highest BCUT2D eigenvalue weighted by molar-refractivity contribution is 5.95. The average Bonchev–Trinajstić information content (AvgIpc) is 2.82. The molecule has 1 atom stereocenters. The van der Waals surface area contributed by atoms with Gasteiger partial charge in [0.25, 0.3) is 5.91 Å². The number of aromatic nitrogens is 1. The number of methoxy groups -OCH3 is 1. The Morgan fingerprint density at radius 2 is 1.94 bits per heavy atom. The number of carbonyl (C=O) groups excluding carboxylic acids is 2. The lowest BCUT2D eigenvalue weighted by Crippen LogP contribution is -2.50. The molecule has 2 aromatic carbocycles. The Bertz CT molecular complexity index is 1130. The van der Waals surface area contributed by atoms with Crippen molar-refractivity contribution in [1.29, 1.82) is 0 Å². The lowest BCUT2D eigenvalue weighted by Gasteiger charge is -2.33. The van der Waals surface area contributed by atoms with Crippen LogP contribution < -0.4 is 24.4 Å². The van der Waals surface area contributed by atoms with E-state index in [0.29, 0.717) is 34.4 Å². The first-order chi connectivity index (χ1) is 15.5. The van der Waals surface area contributed by atoms with Gasteiger partial charge in [0.15, 0.2) is 6.10 Å². The van der Waals surface area contributed by atoms with Gasteiger partial charge in [-0.25, -0.2) is 4.98 Å². The Balaban J connectivity index is 1.45. The van der Waals surface area contributed by atoms with Crippen molar-refractivity contribution in [2.24, 2.45) is 0 Å². The van der Waals surface area contributed by atoms with Crippen LogP contribution in [0, 0.1) is 0 Å². The Labute approximate surface area is 185 Å². The third-order valence-corrected chi connectivity index (χ3v) is 5.00. The number of pyridine rings is 1. The van der Waals surface area contributed by atoms with Crippen LogP contribution in [0.3, 0.4) is 0 Å². The molecule has 1 N–H and O–H groups in total. The summed E-state index contributed by atoms with van der Waals surface area (Å²) in [6, 6.07) is 17.9. The molecule has 3 aromatic rings. The van der Waals surface area contributed by atoms with Crippen molar-refractivity contribution >= 4 is 17.5 Å². The number of para-hydroxylation sites is 2. The second kappa shape index (κ2) is 9.38. The summed E-state index contributed by atoms with van der Waals surface area (Å²) in [4.78, 5) is 30.8. The van der Waals surface area contributed by atoms with Crippen LogP contribution in [0.1, 0.15) is 12.5 Å². The molecule has 164 valence electrons. The molecule has 0 saturated heterocycles. The summed E-state index contributed by atoms with van der Waals surface area (Å²) in [5.74, 6) is 1.62. The maximum absolute atomic E-state index is 12.9. The van der Waals surface area contributed by atoms with Crippen molar-refractivity contribution in [2.45, 2.75) is 19.6 Å². The third-order valence-electron chi connectivity index (χ3n) is 5.00. The Morgan fingerprint density at radius 3 is 2.75 bits per heavy atom. The number of carbonyl (C=O) groups is 2. The summed E-state index contributed by atoms with van der Waals surface area (Å²) in [5, 5.41) is 2.86. The fraction of sp³-hybridized carbons (Fsp3) is 0.208. The van der Waals surface area contributed by atoms with Gasteiger partial charge in [0, 0.05) is 31.3 Å². The second-order valence-corrected chi connectivity index (χ2v) is 7.17. The molecule has 1 aliphatic rings. The third kappa shape index (κ3) is 4.64. The molecular formula is C24H23N3O5. The van der Waals surface area contributed by atoms with E-state index in [-0.39, 0.29) is 24.9 Å². The van der Waals surface area contributed by atoms with Crippen molar-refractivity contribution in [2.75, 3.05) is 18.6 Å². The number of hydrogen-bond donors (Lipinski definition) is 1. The van der Waals surface area contributed by atoms with Crippen LogP contribution in [0.15, 0.2) is 66.9 Å². The van der Waals surface area contributed by atoms with Gasteiger partial charge in [-0.3, -0.25) is 9.59 Å². The van der Waals surface area contributed by atoms with Gasteiger partial charge in [-0.15, -0.1) is 0 Å². The molecule has 32 heavy (non-hydrogen) atoms. The Kier molecular flexibility index (Phi) is 6.21. The first-order valence-corrected chi connectivity index (χ1v) is 10.1. The van der Waals surface area contributed by atoms with Gasteiger partial charge in [0.2, 0.25) is 11.8 Å². The van der Waals surface area contributed by atoms with Gasteiger partial charge in [-0.2, -0.15) is 0 Å². The molecule has 0 radical (unpaired) electrons. The predicted octanol–water partition coefficient (Wildman–Crippen LogP) is 3.31. The van der Waals surface area contributed by atoms with Crippen molar-refractivity contribution in [3.63, 3.8) is 0 Å². The zero-order chi connectivity index (χ0) is 22.5. The van der Waals surface area contributed by atoms with Crippen LogP contribution in [0.5, 0.6) is 23.1 Å². The lowest BCUT2D eigenvalue weighted by atomic mass is 10.1. The number of rotatable bonds is 6. The highest BCUT2D eigenvalue weighted by Gasteiger charge is 2.32. The summed E-state index contributed by atoms with van der Waals surface area (Å²) >= 11 is 0. The number of benzene rings is 2. The van der Waals surface area contributed by atoms with Crippen LogP contribution in [0.4, 0.5) is 5.69 Å². The first kappa shape index (κ1) is 21.2. The maximum atomic E-state index is 12.9. The molecule has 8 nitrogen and oxygen atoms in total. The van der Waals surface area contributed by atoms with Crippen molar-refractivity contribution in [3.8, 4) is 23.1 Å². The fourth-order valence-corrected chi connectivity index (χ4v) is 3.39. The minimum atomic E-state index is -0.826. The molecule has 0 aliphatic carbocycles. The Morgan fingerprint density at radius 1 is 1.12 bits per heavy atom. The van der Waals surface area contributed by atoms with Gasteiger partial charge in [0.1, 0.15) is 17.2 Å². The van der Waals surface area contributed by atoms with E-state index in [1.807, 2.05) is 24.3 Å². The maximum Gasteiger partial charge on any atom is 0.263 e. The monoisotopic (exact) mass is 433 g/mol. The van der Waals surface area contributed by atoms with E-state index < -0.39 is 6.10 Å². The quantitative estimate of drug-likeness (QED) is 0.642. The van der Waals surface area contributed by atoms with Crippen molar-refractivity contribution in [1.82, 2.24) is 10.3 Å². The smallest absolute Gasteiger partial charge is 0.263 e. The summed E-state index contributed by atoms with van der Waals surface area (Å²) in [5.41, 5.74) is 1.36. The molecular weight excluding hydrogens is 410 g/mol. The number of ether oxygens (including phenoxy) is 3. The number of amides is 2. The summed E-state index contributed by atoms with van der Waals surface area (Å²) in [6.07, 6.45) is 0.792. The number of fused-ring (bicyclic) bond motifs is 1. The molecule has 2 heterocycles.